The molecule has 1 aliphatic carbocycles. The van der Waals surface area contributed by atoms with Crippen LogP contribution in [0.2, 0.25) is 0 Å². The van der Waals surface area contributed by atoms with Crippen molar-refractivity contribution in [3.8, 4) is 6.07 Å². The smallest absolute Gasteiger partial charge is 0.228 e. The Hall–Kier alpha value is -2.68. The lowest BCUT2D eigenvalue weighted by atomic mass is 9.67. The molecule has 3 heterocycles. The summed E-state index contributed by atoms with van der Waals surface area (Å²) in [6, 6.07) is 19.7. The molecule has 3 aliphatic heterocycles. The van der Waals surface area contributed by atoms with Crippen molar-refractivity contribution < 1.29 is 4.79 Å². The van der Waals surface area contributed by atoms with Gasteiger partial charge >= 0.3 is 0 Å². The predicted octanol–water partition coefficient (Wildman–Crippen LogP) is 4.47. The van der Waals surface area contributed by atoms with Crippen molar-refractivity contribution in [2.45, 2.75) is 68.9 Å². The Morgan fingerprint density at radius 2 is 1.81 bits per heavy atom. The number of nitrogens with zero attached hydrogens (tertiary/aromatic N) is 2. The molecule has 2 N–H and O–H groups in total. The first-order valence-electron chi connectivity index (χ1n) is 14.0. The van der Waals surface area contributed by atoms with E-state index in [4.69, 9.17) is 0 Å². The molecular formula is C31H38N4O. The zero-order valence-corrected chi connectivity index (χ0v) is 21.2. The van der Waals surface area contributed by atoms with Crippen LogP contribution in [0.15, 0.2) is 48.5 Å². The topological polar surface area (TPSA) is 68.2 Å². The van der Waals surface area contributed by atoms with Gasteiger partial charge < -0.3 is 15.5 Å². The van der Waals surface area contributed by atoms with E-state index in [0.29, 0.717) is 29.3 Å². The van der Waals surface area contributed by atoms with Gasteiger partial charge in [-0.05, 0) is 66.3 Å². The summed E-state index contributed by atoms with van der Waals surface area (Å²) >= 11 is 0. The number of fused-ring (bicyclic) bond motifs is 2. The molecule has 0 unspecified atom stereocenters. The maximum Gasteiger partial charge on any atom is 0.228 e. The molecular weight excluding hydrogens is 444 g/mol. The second-order valence-corrected chi connectivity index (χ2v) is 11.6. The van der Waals surface area contributed by atoms with E-state index in [1.165, 1.54) is 48.8 Å². The molecule has 1 amide bonds. The third kappa shape index (κ3) is 4.15. The largest absolute Gasteiger partial charge is 0.339 e. The molecule has 0 bridgehead atoms. The van der Waals surface area contributed by atoms with Crippen molar-refractivity contribution >= 4 is 5.91 Å². The third-order valence-electron chi connectivity index (χ3n) is 9.67. The first-order valence-corrected chi connectivity index (χ1v) is 14.0. The highest BCUT2D eigenvalue weighted by Gasteiger charge is 2.52. The SMILES string of the molecule is N#Cc1ccc2c(c1)CNC[C@]21CNC[C@H]1C(=O)N1CC[C@@H](c2ccccc2)C[C@H]1C1CCCCC1. The van der Waals surface area contributed by atoms with Crippen LogP contribution >= 0.6 is 0 Å². The molecule has 3 fully saturated rings. The van der Waals surface area contributed by atoms with E-state index in [1.54, 1.807) is 0 Å². The first-order chi connectivity index (χ1) is 17.7. The van der Waals surface area contributed by atoms with Crippen LogP contribution < -0.4 is 10.6 Å². The Morgan fingerprint density at radius 3 is 2.61 bits per heavy atom. The number of nitrogens with one attached hydrogen (secondary N) is 2. The van der Waals surface area contributed by atoms with Crippen molar-refractivity contribution in [2.75, 3.05) is 26.2 Å². The van der Waals surface area contributed by atoms with Crippen LogP contribution in [0.3, 0.4) is 0 Å². The number of amides is 1. The number of likely N-dealkylation sites (tertiary alicyclic amines) is 1. The summed E-state index contributed by atoms with van der Waals surface area (Å²) < 4.78 is 0. The van der Waals surface area contributed by atoms with Crippen LogP contribution in [0.5, 0.6) is 0 Å². The van der Waals surface area contributed by atoms with Crippen LogP contribution in [-0.4, -0.2) is 43.0 Å². The molecule has 5 nitrogen and oxygen atoms in total. The zero-order valence-electron chi connectivity index (χ0n) is 21.2. The minimum Gasteiger partial charge on any atom is -0.339 e. The quantitative estimate of drug-likeness (QED) is 0.677. The Kier molecular flexibility index (Phi) is 6.58. The van der Waals surface area contributed by atoms with E-state index < -0.39 is 0 Å². The number of nitriles is 1. The molecule has 2 saturated heterocycles. The number of carbonyl (C=O) groups is 1. The van der Waals surface area contributed by atoms with Gasteiger partial charge in [-0.1, -0.05) is 55.7 Å². The lowest BCUT2D eigenvalue weighted by Gasteiger charge is -2.48. The van der Waals surface area contributed by atoms with Gasteiger partial charge in [0.2, 0.25) is 5.91 Å². The second kappa shape index (κ2) is 10.00. The number of rotatable bonds is 3. The number of hydrogen-bond donors (Lipinski definition) is 2. The van der Waals surface area contributed by atoms with Crippen molar-refractivity contribution in [3.05, 3.63) is 70.8 Å². The maximum atomic E-state index is 14.5. The molecule has 6 rings (SSSR count). The van der Waals surface area contributed by atoms with Gasteiger partial charge in [-0.3, -0.25) is 4.79 Å². The fourth-order valence-electron chi connectivity index (χ4n) is 7.83. The second-order valence-electron chi connectivity index (χ2n) is 11.6. The van der Waals surface area contributed by atoms with Gasteiger partial charge in [0, 0.05) is 44.2 Å². The number of carbonyl (C=O) groups excluding carboxylic acids is 1. The lowest BCUT2D eigenvalue weighted by molar-refractivity contribution is -0.142. The van der Waals surface area contributed by atoms with Crippen molar-refractivity contribution in [1.29, 1.82) is 5.26 Å². The van der Waals surface area contributed by atoms with Gasteiger partial charge in [-0.25, -0.2) is 0 Å². The van der Waals surface area contributed by atoms with Crippen molar-refractivity contribution in [3.63, 3.8) is 0 Å². The summed E-state index contributed by atoms with van der Waals surface area (Å²) in [5, 5.41) is 16.6. The van der Waals surface area contributed by atoms with E-state index in [9.17, 15) is 10.1 Å². The lowest BCUT2D eigenvalue weighted by Crippen LogP contribution is -2.57. The summed E-state index contributed by atoms with van der Waals surface area (Å²) in [5.74, 6) is 1.44. The van der Waals surface area contributed by atoms with Gasteiger partial charge in [-0.15, -0.1) is 0 Å². The molecule has 2 aromatic rings. The van der Waals surface area contributed by atoms with Crippen LogP contribution in [-0.2, 0) is 16.8 Å². The summed E-state index contributed by atoms with van der Waals surface area (Å²) in [5.41, 5.74) is 4.32. The minimum absolute atomic E-state index is 0.0728. The van der Waals surface area contributed by atoms with Crippen LogP contribution in [0.25, 0.3) is 0 Å². The van der Waals surface area contributed by atoms with Gasteiger partial charge in [0.25, 0.3) is 0 Å². The number of piperidine rings is 1. The molecule has 0 radical (unpaired) electrons. The van der Waals surface area contributed by atoms with Crippen LogP contribution in [0, 0.1) is 23.2 Å². The fraction of sp³-hybridized carbons (Fsp3) is 0.548. The molecule has 1 saturated carbocycles. The molecule has 0 aromatic heterocycles. The average molecular weight is 483 g/mol. The molecule has 4 aliphatic rings. The number of hydrogen-bond acceptors (Lipinski definition) is 4. The van der Waals surface area contributed by atoms with Gasteiger partial charge in [0.15, 0.2) is 0 Å². The predicted molar refractivity (Wildman–Crippen MR) is 141 cm³/mol. The van der Waals surface area contributed by atoms with Crippen molar-refractivity contribution in [2.24, 2.45) is 11.8 Å². The molecule has 1 spiro atoms. The van der Waals surface area contributed by atoms with Crippen molar-refractivity contribution in [1.82, 2.24) is 15.5 Å². The standard InChI is InChI=1S/C31H38N4O/c32-17-22-11-12-27-26(15-22)18-33-20-31(27)21-34-19-28(31)30(36)35-14-13-25(23-7-3-1-4-8-23)16-29(35)24-9-5-2-6-10-24/h1,3-4,7-8,11-12,15,24-25,28-29,33-34H,2,5-6,9-10,13-14,16,18-21H2/t25-,28+,29+,31+/m1/s1. The summed E-state index contributed by atoms with van der Waals surface area (Å²) in [4.78, 5) is 16.8. The highest BCUT2D eigenvalue weighted by molar-refractivity contribution is 5.82. The highest BCUT2D eigenvalue weighted by Crippen LogP contribution is 2.44. The molecule has 188 valence electrons. The summed E-state index contributed by atoms with van der Waals surface area (Å²) in [6.07, 6.45) is 8.58. The molecule has 2 aromatic carbocycles. The van der Waals surface area contributed by atoms with E-state index in [-0.39, 0.29) is 11.3 Å². The van der Waals surface area contributed by atoms with Gasteiger partial charge in [0.1, 0.15) is 0 Å². The van der Waals surface area contributed by atoms with Gasteiger partial charge in [0.05, 0.1) is 17.6 Å². The van der Waals surface area contributed by atoms with E-state index in [1.807, 2.05) is 12.1 Å². The van der Waals surface area contributed by atoms with E-state index in [2.05, 4.69) is 58.0 Å². The summed E-state index contributed by atoms with van der Waals surface area (Å²) in [7, 11) is 0. The van der Waals surface area contributed by atoms with E-state index in [0.717, 1.165) is 45.6 Å². The maximum absolute atomic E-state index is 14.5. The molecule has 5 heteroatoms. The Labute approximate surface area is 215 Å². The Bertz CT molecular complexity index is 1140. The average Bonchev–Trinajstić information content (AvgIpc) is 3.37. The zero-order chi connectivity index (χ0) is 24.5. The Morgan fingerprint density at radius 1 is 1.00 bits per heavy atom. The molecule has 36 heavy (non-hydrogen) atoms. The third-order valence-corrected chi connectivity index (χ3v) is 9.67. The normalized spacial score (nSPS) is 30.6. The monoisotopic (exact) mass is 482 g/mol. The van der Waals surface area contributed by atoms with E-state index >= 15 is 0 Å². The highest BCUT2D eigenvalue weighted by atomic mass is 16.2. The Balaban J connectivity index is 1.30. The summed E-state index contributed by atoms with van der Waals surface area (Å²) in [6.45, 7) is 3.98. The van der Waals surface area contributed by atoms with Crippen LogP contribution in [0.4, 0.5) is 0 Å². The first kappa shape index (κ1) is 23.7. The van der Waals surface area contributed by atoms with Crippen LogP contribution in [0.1, 0.15) is 73.1 Å². The fourth-order valence-corrected chi connectivity index (χ4v) is 7.83. The minimum atomic E-state index is -0.244. The number of benzene rings is 2. The molecule has 4 atom stereocenters. The van der Waals surface area contributed by atoms with Gasteiger partial charge in [-0.2, -0.15) is 5.26 Å².